The van der Waals surface area contributed by atoms with E-state index < -0.39 is 0 Å². The molecule has 6 nitrogen and oxygen atoms in total. The van der Waals surface area contributed by atoms with Gasteiger partial charge in [-0.2, -0.15) is 5.26 Å². The number of aromatic nitrogens is 1. The third-order valence-corrected chi connectivity index (χ3v) is 5.22. The molecule has 0 radical (unpaired) electrons. The zero-order valence-corrected chi connectivity index (χ0v) is 15.9. The molecule has 0 saturated carbocycles. The van der Waals surface area contributed by atoms with E-state index in [0.717, 1.165) is 10.5 Å². The highest BCUT2D eigenvalue weighted by Crippen LogP contribution is 2.41. The van der Waals surface area contributed by atoms with Crippen molar-refractivity contribution >= 4 is 23.8 Å². The first-order valence-electron chi connectivity index (χ1n) is 8.50. The number of fused-ring (bicyclic) bond motifs is 1. The van der Waals surface area contributed by atoms with E-state index >= 15 is 0 Å². The van der Waals surface area contributed by atoms with Crippen molar-refractivity contribution in [1.29, 1.82) is 5.26 Å². The average Bonchev–Trinajstić information content (AvgIpc) is 3.18. The summed E-state index contributed by atoms with van der Waals surface area (Å²) in [5.74, 6) is 1.62. The predicted molar refractivity (Wildman–Crippen MR) is 109 cm³/mol. The molecular weight excluding hydrogens is 372 g/mol. The van der Waals surface area contributed by atoms with E-state index in [1.54, 1.807) is 13.3 Å². The van der Waals surface area contributed by atoms with Crippen molar-refractivity contribution in [3.8, 4) is 28.7 Å². The fourth-order valence-electron chi connectivity index (χ4n) is 2.98. The molecule has 7 heteroatoms. The number of ether oxygens (including phenoxy) is 2. The molecular formula is C21H16N4O2S. The van der Waals surface area contributed by atoms with Crippen LogP contribution in [0.15, 0.2) is 63.4 Å². The number of nitrogens with zero attached hydrogens (tertiary/aromatic N) is 3. The van der Waals surface area contributed by atoms with Gasteiger partial charge in [-0.3, -0.25) is 4.99 Å². The molecule has 0 unspecified atom stereocenters. The van der Waals surface area contributed by atoms with Gasteiger partial charge in [0.1, 0.15) is 16.9 Å². The van der Waals surface area contributed by atoms with E-state index in [1.807, 2.05) is 48.5 Å². The van der Waals surface area contributed by atoms with Gasteiger partial charge >= 0.3 is 0 Å². The van der Waals surface area contributed by atoms with E-state index in [9.17, 15) is 5.26 Å². The van der Waals surface area contributed by atoms with Crippen molar-refractivity contribution in [3.63, 3.8) is 0 Å². The Morgan fingerprint density at radius 2 is 1.96 bits per heavy atom. The van der Waals surface area contributed by atoms with E-state index in [4.69, 9.17) is 15.2 Å². The summed E-state index contributed by atoms with van der Waals surface area (Å²) in [5.41, 5.74) is 8.77. The monoisotopic (exact) mass is 388 g/mol. The van der Waals surface area contributed by atoms with E-state index in [1.165, 1.54) is 11.8 Å². The zero-order valence-electron chi connectivity index (χ0n) is 15.0. The highest BCUT2D eigenvalue weighted by molar-refractivity contribution is 7.99. The maximum Gasteiger partial charge on any atom is 0.231 e. The molecule has 138 valence electrons. The minimum atomic E-state index is 0.181. The standard InChI is InChI=1S/C21H16N4O2S/c1-24-11-16-19(13-7-8-17-18(9-13)27-12-26-17)15(10-22)21(25-20(16)23)28-14-5-3-2-4-6-14/h2-9,11H,12H2,1H3,(H2,23,25). The zero-order chi connectivity index (χ0) is 19.5. The number of nitriles is 1. The van der Waals surface area contributed by atoms with Crippen molar-refractivity contribution in [2.75, 3.05) is 19.6 Å². The second-order valence-electron chi connectivity index (χ2n) is 5.95. The van der Waals surface area contributed by atoms with Gasteiger partial charge in [-0.25, -0.2) is 4.98 Å². The number of hydrogen-bond donors (Lipinski definition) is 1. The van der Waals surface area contributed by atoms with Crippen LogP contribution < -0.4 is 15.2 Å². The number of aliphatic imine (C=N–C) groups is 1. The summed E-state index contributed by atoms with van der Waals surface area (Å²) >= 11 is 1.40. The van der Waals surface area contributed by atoms with Crippen LogP contribution in [-0.4, -0.2) is 25.0 Å². The number of nitrogen functional groups attached to an aromatic ring is 1. The first-order valence-corrected chi connectivity index (χ1v) is 9.31. The van der Waals surface area contributed by atoms with Gasteiger partial charge in [-0.05, 0) is 29.8 Å². The summed E-state index contributed by atoms with van der Waals surface area (Å²) in [4.78, 5) is 9.56. The van der Waals surface area contributed by atoms with Gasteiger partial charge in [0.05, 0.1) is 5.56 Å². The number of anilines is 1. The Morgan fingerprint density at radius 1 is 1.18 bits per heavy atom. The molecule has 0 bridgehead atoms. The fourth-order valence-corrected chi connectivity index (χ4v) is 3.89. The van der Waals surface area contributed by atoms with Crippen LogP contribution in [-0.2, 0) is 0 Å². The van der Waals surface area contributed by atoms with Gasteiger partial charge in [0, 0.05) is 29.3 Å². The highest BCUT2D eigenvalue weighted by Gasteiger charge is 2.22. The average molecular weight is 388 g/mol. The lowest BCUT2D eigenvalue weighted by atomic mass is 9.96. The first kappa shape index (κ1) is 17.9. The molecule has 4 rings (SSSR count). The van der Waals surface area contributed by atoms with Crippen LogP contribution in [0.5, 0.6) is 11.5 Å². The minimum absolute atomic E-state index is 0.181. The smallest absolute Gasteiger partial charge is 0.231 e. The summed E-state index contributed by atoms with van der Waals surface area (Å²) in [7, 11) is 1.65. The molecule has 0 aliphatic carbocycles. The number of rotatable bonds is 4. The first-order chi connectivity index (χ1) is 13.7. The molecule has 0 spiro atoms. The fraction of sp³-hybridized carbons (Fsp3) is 0.0952. The quantitative estimate of drug-likeness (QED) is 0.676. The summed E-state index contributed by atoms with van der Waals surface area (Å²) in [6.45, 7) is 0.181. The van der Waals surface area contributed by atoms with Crippen LogP contribution >= 0.6 is 11.8 Å². The normalized spacial score (nSPS) is 12.3. The SMILES string of the molecule is CN=Cc1c(N)nc(Sc2ccccc2)c(C#N)c1-c1ccc2c(c1)OCO2. The van der Waals surface area contributed by atoms with Crippen molar-refractivity contribution in [1.82, 2.24) is 4.98 Å². The molecule has 2 N–H and O–H groups in total. The Labute approximate surface area is 166 Å². The van der Waals surface area contributed by atoms with Crippen LogP contribution in [0.1, 0.15) is 11.1 Å². The highest BCUT2D eigenvalue weighted by atomic mass is 32.2. The molecule has 2 heterocycles. The maximum atomic E-state index is 9.97. The maximum absolute atomic E-state index is 9.97. The minimum Gasteiger partial charge on any atom is -0.454 e. The Morgan fingerprint density at radius 3 is 2.71 bits per heavy atom. The van der Waals surface area contributed by atoms with Gasteiger partial charge in [0.2, 0.25) is 6.79 Å². The second-order valence-corrected chi connectivity index (χ2v) is 7.01. The molecule has 2 aromatic carbocycles. The van der Waals surface area contributed by atoms with E-state index in [2.05, 4.69) is 16.0 Å². The van der Waals surface area contributed by atoms with Gasteiger partial charge in [0.25, 0.3) is 0 Å². The molecule has 28 heavy (non-hydrogen) atoms. The second kappa shape index (κ2) is 7.62. The summed E-state index contributed by atoms with van der Waals surface area (Å²) in [6, 6.07) is 17.6. The van der Waals surface area contributed by atoms with Crippen molar-refractivity contribution in [2.24, 2.45) is 4.99 Å². The van der Waals surface area contributed by atoms with Gasteiger partial charge in [-0.15, -0.1) is 0 Å². The third kappa shape index (κ3) is 3.26. The lowest BCUT2D eigenvalue weighted by molar-refractivity contribution is 0.174. The molecule has 0 amide bonds. The van der Waals surface area contributed by atoms with Gasteiger partial charge in [0.15, 0.2) is 11.5 Å². The van der Waals surface area contributed by atoms with Crippen molar-refractivity contribution in [2.45, 2.75) is 9.92 Å². The van der Waals surface area contributed by atoms with Crippen LogP contribution in [0.2, 0.25) is 0 Å². The Kier molecular flexibility index (Phi) is 4.87. The summed E-state index contributed by atoms with van der Waals surface area (Å²) in [6.07, 6.45) is 1.63. The van der Waals surface area contributed by atoms with Crippen LogP contribution in [0.25, 0.3) is 11.1 Å². The largest absolute Gasteiger partial charge is 0.454 e. The third-order valence-electron chi connectivity index (χ3n) is 4.22. The Balaban J connectivity index is 1.93. The number of hydrogen-bond acceptors (Lipinski definition) is 7. The molecule has 0 atom stereocenters. The number of nitrogens with two attached hydrogens (primary N) is 1. The van der Waals surface area contributed by atoms with Crippen molar-refractivity contribution < 1.29 is 9.47 Å². The molecule has 3 aromatic rings. The van der Waals surface area contributed by atoms with E-state index in [0.29, 0.717) is 39.0 Å². The Hall–Kier alpha value is -3.50. The van der Waals surface area contributed by atoms with Crippen LogP contribution in [0.4, 0.5) is 5.82 Å². The van der Waals surface area contributed by atoms with E-state index in [-0.39, 0.29) is 6.79 Å². The number of benzene rings is 2. The van der Waals surface area contributed by atoms with Crippen LogP contribution in [0.3, 0.4) is 0 Å². The lowest BCUT2D eigenvalue weighted by Gasteiger charge is -2.15. The van der Waals surface area contributed by atoms with Gasteiger partial charge in [-0.1, -0.05) is 36.0 Å². The molecule has 1 aliphatic rings. The molecule has 1 aromatic heterocycles. The van der Waals surface area contributed by atoms with Crippen molar-refractivity contribution in [3.05, 3.63) is 59.7 Å². The summed E-state index contributed by atoms with van der Waals surface area (Å²) < 4.78 is 10.9. The van der Waals surface area contributed by atoms with Crippen LogP contribution in [0, 0.1) is 11.3 Å². The Bertz CT molecular complexity index is 1110. The molecule has 0 fully saturated rings. The molecule has 1 aliphatic heterocycles. The summed E-state index contributed by atoms with van der Waals surface area (Å²) in [5, 5.41) is 10.5. The topological polar surface area (TPSA) is 93.5 Å². The molecule has 0 saturated heterocycles. The lowest BCUT2D eigenvalue weighted by Crippen LogP contribution is -2.05. The van der Waals surface area contributed by atoms with Gasteiger partial charge < -0.3 is 15.2 Å². The predicted octanol–water partition coefficient (Wildman–Crippen LogP) is 4.13. The number of pyridine rings is 1.